The van der Waals surface area contributed by atoms with Crippen molar-refractivity contribution < 1.29 is 0 Å². The van der Waals surface area contributed by atoms with Crippen LogP contribution in [-0.2, 0) is 0 Å². The molecule has 0 unspecified atom stereocenters. The quantitative estimate of drug-likeness (QED) is 0.718. The summed E-state index contributed by atoms with van der Waals surface area (Å²) in [5.41, 5.74) is 10.1. The third kappa shape index (κ3) is 3.21. The van der Waals surface area contributed by atoms with Gasteiger partial charge in [-0.15, -0.1) is 0 Å². The van der Waals surface area contributed by atoms with Gasteiger partial charge in [-0.2, -0.15) is 0 Å². The first-order chi connectivity index (χ1) is 12.2. The molecular weight excluding hydrogens is 312 g/mol. The molecular formula is C19H22N6. The van der Waals surface area contributed by atoms with Crippen LogP contribution in [0.15, 0.2) is 48.8 Å². The van der Waals surface area contributed by atoms with E-state index >= 15 is 0 Å². The number of hydrogen-bond donors (Lipinski definition) is 2. The fourth-order valence-electron chi connectivity index (χ4n) is 3.19. The molecule has 3 N–H and O–H groups in total. The molecule has 1 aliphatic heterocycles. The van der Waals surface area contributed by atoms with Gasteiger partial charge in [0.1, 0.15) is 12.1 Å². The van der Waals surface area contributed by atoms with Crippen LogP contribution < -0.4 is 16.0 Å². The lowest BCUT2D eigenvalue weighted by Gasteiger charge is -2.34. The number of nitrogens with two attached hydrogens (primary N) is 1. The molecule has 1 saturated heterocycles. The topological polar surface area (TPSA) is 70.3 Å². The molecule has 4 rings (SSSR count). The minimum Gasteiger partial charge on any atom is -0.397 e. The van der Waals surface area contributed by atoms with Gasteiger partial charge in [-0.25, -0.2) is 9.97 Å². The predicted molar refractivity (Wildman–Crippen MR) is 103 cm³/mol. The number of piperazine rings is 1. The van der Waals surface area contributed by atoms with E-state index in [0.717, 1.165) is 60.0 Å². The number of nitrogens with one attached hydrogen (secondary N) is 1. The van der Waals surface area contributed by atoms with Crippen molar-refractivity contribution in [1.29, 1.82) is 0 Å². The van der Waals surface area contributed by atoms with Crippen LogP contribution in [0.3, 0.4) is 0 Å². The SMILES string of the molecule is CN1CCN(c2cc3ncnc(Nc4ccccc4)c3cc2N)CC1. The Kier molecular flexibility index (Phi) is 4.11. The molecule has 0 saturated carbocycles. The molecule has 6 heteroatoms. The Morgan fingerprint density at radius 1 is 1.00 bits per heavy atom. The summed E-state index contributed by atoms with van der Waals surface area (Å²) in [6.07, 6.45) is 1.59. The van der Waals surface area contributed by atoms with E-state index in [1.165, 1.54) is 0 Å². The second kappa shape index (κ2) is 6.57. The number of hydrogen-bond acceptors (Lipinski definition) is 6. The van der Waals surface area contributed by atoms with Gasteiger partial charge in [0.2, 0.25) is 0 Å². The first kappa shape index (κ1) is 15.7. The van der Waals surface area contributed by atoms with Crippen LogP contribution in [0, 0.1) is 0 Å². The standard InChI is InChI=1S/C19H22N6/c1-24-7-9-25(10-8-24)18-12-17-15(11-16(18)20)19(22-13-21-17)23-14-5-3-2-4-6-14/h2-6,11-13H,7-10,20H2,1H3,(H,21,22,23). The van der Waals surface area contributed by atoms with E-state index in [0.29, 0.717) is 0 Å². The van der Waals surface area contributed by atoms with Gasteiger partial charge in [0.15, 0.2) is 0 Å². The number of nitrogens with zero attached hydrogens (tertiary/aromatic N) is 4. The average molecular weight is 334 g/mol. The van der Waals surface area contributed by atoms with Crippen molar-refractivity contribution in [2.45, 2.75) is 0 Å². The fourth-order valence-corrected chi connectivity index (χ4v) is 3.19. The molecule has 1 aromatic heterocycles. The monoisotopic (exact) mass is 334 g/mol. The zero-order valence-corrected chi connectivity index (χ0v) is 14.3. The molecule has 6 nitrogen and oxygen atoms in total. The molecule has 2 aromatic carbocycles. The largest absolute Gasteiger partial charge is 0.397 e. The number of nitrogen functional groups attached to an aromatic ring is 1. The van der Waals surface area contributed by atoms with Crippen molar-refractivity contribution in [1.82, 2.24) is 14.9 Å². The lowest BCUT2D eigenvalue weighted by atomic mass is 10.1. The van der Waals surface area contributed by atoms with E-state index in [1.54, 1.807) is 6.33 Å². The minimum atomic E-state index is 0.767. The summed E-state index contributed by atoms with van der Waals surface area (Å²) in [7, 11) is 2.15. The van der Waals surface area contributed by atoms with E-state index in [2.05, 4.69) is 38.2 Å². The highest BCUT2D eigenvalue weighted by Crippen LogP contribution is 2.32. The summed E-state index contributed by atoms with van der Waals surface area (Å²) in [6, 6.07) is 14.1. The predicted octanol–water partition coefficient (Wildman–Crippen LogP) is 2.71. The van der Waals surface area contributed by atoms with Crippen molar-refractivity contribution in [2.75, 3.05) is 49.2 Å². The Morgan fingerprint density at radius 2 is 1.76 bits per heavy atom. The Morgan fingerprint density at radius 3 is 2.52 bits per heavy atom. The molecule has 1 fully saturated rings. The van der Waals surface area contributed by atoms with Crippen molar-refractivity contribution in [3.63, 3.8) is 0 Å². The summed E-state index contributed by atoms with van der Waals surface area (Å²) in [4.78, 5) is 13.5. The number of benzene rings is 2. The summed E-state index contributed by atoms with van der Waals surface area (Å²) in [5, 5.41) is 4.28. The lowest BCUT2D eigenvalue weighted by molar-refractivity contribution is 0.313. The van der Waals surface area contributed by atoms with Crippen LogP contribution in [0.5, 0.6) is 0 Å². The fraction of sp³-hybridized carbons (Fsp3) is 0.263. The first-order valence-electron chi connectivity index (χ1n) is 8.50. The van der Waals surface area contributed by atoms with Gasteiger partial charge in [0.25, 0.3) is 0 Å². The first-order valence-corrected chi connectivity index (χ1v) is 8.50. The molecule has 0 bridgehead atoms. The molecule has 1 aliphatic rings. The van der Waals surface area contributed by atoms with Crippen LogP contribution in [-0.4, -0.2) is 48.1 Å². The van der Waals surface area contributed by atoms with Crippen LogP contribution >= 0.6 is 0 Å². The maximum absolute atomic E-state index is 6.38. The highest BCUT2D eigenvalue weighted by Gasteiger charge is 2.18. The van der Waals surface area contributed by atoms with E-state index in [9.17, 15) is 0 Å². The Balaban J connectivity index is 1.70. The Hall–Kier alpha value is -2.86. The van der Waals surface area contributed by atoms with Crippen molar-refractivity contribution in [2.24, 2.45) is 0 Å². The van der Waals surface area contributed by atoms with Crippen LogP contribution in [0.4, 0.5) is 22.9 Å². The molecule has 0 atom stereocenters. The molecule has 0 amide bonds. The smallest absolute Gasteiger partial charge is 0.141 e. The van der Waals surface area contributed by atoms with Crippen LogP contribution in [0.1, 0.15) is 0 Å². The van der Waals surface area contributed by atoms with E-state index in [1.807, 2.05) is 36.4 Å². The normalized spacial score (nSPS) is 15.5. The average Bonchev–Trinajstić information content (AvgIpc) is 2.63. The summed E-state index contributed by atoms with van der Waals surface area (Å²) in [5.74, 6) is 0.771. The summed E-state index contributed by atoms with van der Waals surface area (Å²) in [6.45, 7) is 4.04. The summed E-state index contributed by atoms with van der Waals surface area (Å²) < 4.78 is 0. The van der Waals surface area contributed by atoms with Crippen LogP contribution in [0.2, 0.25) is 0 Å². The Bertz CT molecular complexity index is 872. The van der Waals surface area contributed by atoms with Crippen molar-refractivity contribution in [3.05, 3.63) is 48.8 Å². The van der Waals surface area contributed by atoms with Crippen molar-refractivity contribution in [3.8, 4) is 0 Å². The van der Waals surface area contributed by atoms with Gasteiger partial charge in [-0.05, 0) is 31.3 Å². The van der Waals surface area contributed by atoms with Gasteiger partial charge in [-0.1, -0.05) is 18.2 Å². The zero-order chi connectivity index (χ0) is 17.2. The maximum atomic E-state index is 6.38. The number of rotatable bonds is 3. The lowest BCUT2D eigenvalue weighted by Crippen LogP contribution is -2.44. The van der Waals surface area contributed by atoms with E-state index < -0.39 is 0 Å². The highest BCUT2D eigenvalue weighted by molar-refractivity contribution is 5.96. The number of anilines is 4. The second-order valence-corrected chi connectivity index (χ2v) is 6.43. The molecule has 25 heavy (non-hydrogen) atoms. The number of fused-ring (bicyclic) bond motifs is 1. The minimum absolute atomic E-state index is 0.767. The molecule has 128 valence electrons. The molecule has 2 heterocycles. The Labute approximate surface area is 147 Å². The molecule has 0 radical (unpaired) electrons. The van der Waals surface area contributed by atoms with Gasteiger partial charge in [-0.3, -0.25) is 0 Å². The summed E-state index contributed by atoms with van der Waals surface area (Å²) >= 11 is 0. The molecule has 0 spiro atoms. The number of likely N-dealkylation sites (N-methyl/N-ethyl adjacent to an activating group) is 1. The van der Waals surface area contributed by atoms with E-state index in [4.69, 9.17) is 5.73 Å². The second-order valence-electron chi connectivity index (χ2n) is 6.43. The number of aromatic nitrogens is 2. The molecule has 3 aromatic rings. The van der Waals surface area contributed by atoms with Gasteiger partial charge < -0.3 is 20.9 Å². The van der Waals surface area contributed by atoms with Gasteiger partial charge in [0.05, 0.1) is 16.9 Å². The van der Waals surface area contributed by atoms with E-state index in [-0.39, 0.29) is 0 Å². The molecule has 0 aliphatic carbocycles. The van der Waals surface area contributed by atoms with Gasteiger partial charge >= 0.3 is 0 Å². The number of para-hydroxylation sites is 1. The maximum Gasteiger partial charge on any atom is 0.141 e. The van der Waals surface area contributed by atoms with Crippen molar-refractivity contribution >= 4 is 33.8 Å². The zero-order valence-electron chi connectivity index (χ0n) is 14.3. The van der Waals surface area contributed by atoms with Crippen LogP contribution in [0.25, 0.3) is 10.9 Å². The van der Waals surface area contributed by atoms with Gasteiger partial charge in [0, 0.05) is 37.3 Å². The third-order valence-corrected chi connectivity index (χ3v) is 4.66. The third-order valence-electron chi connectivity index (χ3n) is 4.66. The highest BCUT2D eigenvalue weighted by atomic mass is 15.3.